The van der Waals surface area contributed by atoms with Crippen molar-refractivity contribution in [3.63, 3.8) is 0 Å². The van der Waals surface area contributed by atoms with Crippen molar-refractivity contribution < 1.29 is 18.8 Å². The van der Waals surface area contributed by atoms with Crippen LogP contribution in [-0.4, -0.2) is 31.5 Å². The normalized spacial score (nSPS) is 23.2. The Morgan fingerprint density at radius 3 is 2.24 bits per heavy atom. The van der Waals surface area contributed by atoms with Crippen LogP contribution in [0.4, 0.5) is 0 Å². The third kappa shape index (κ3) is 2.77. The molecule has 3 rings (SSSR count). The summed E-state index contributed by atoms with van der Waals surface area (Å²) in [6.45, 7) is 8.18. The molecule has 1 saturated heterocycles. The van der Waals surface area contributed by atoms with Crippen LogP contribution in [0.3, 0.4) is 0 Å². The lowest BCUT2D eigenvalue weighted by molar-refractivity contribution is 0.00578. The van der Waals surface area contributed by atoms with Crippen molar-refractivity contribution in [1.29, 1.82) is 0 Å². The van der Waals surface area contributed by atoms with Gasteiger partial charge in [0, 0.05) is 5.46 Å². The van der Waals surface area contributed by atoms with Gasteiger partial charge in [0.1, 0.15) is 11.5 Å². The fourth-order valence-corrected chi connectivity index (χ4v) is 2.32. The van der Waals surface area contributed by atoms with Gasteiger partial charge in [0.2, 0.25) is 0 Å². The first-order valence-electron chi connectivity index (χ1n) is 7.53. The van der Waals surface area contributed by atoms with E-state index in [1.807, 2.05) is 45.9 Å². The predicted molar refractivity (Wildman–Crippen MR) is 82.4 cm³/mol. The highest BCUT2D eigenvalue weighted by Crippen LogP contribution is 2.37. The van der Waals surface area contributed by atoms with Crippen LogP contribution >= 0.6 is 0 Å². The van der Waals surface area contributed by atoms with Crippen LogP contribution in [0, 0.1) is 0 Å². The molecular formula is C16H23BO4. The summed E-state index contributed by atoms with van der Waals surface area (Å²) in [5, 5.41) is 0. The standard InChI is InChI=1S/C16H23BO4/c1-15(2)16(3,4)21-17(20-15)13-10-12(19-11-6-7-11)8-9-14(13)18-5/h8-11H,6-7H2,1-5H3. The molecule has 1 aliphatic heterocycles. The lowest BCUT2D eigenvalue weighted by Gasteiger charge is -2.32. The zero-order valence-corrected chi connectivity index (χ0v) is 13.4. The van der Waals surface area contributed by atoms with Gasteiger partial charge in [-0.15, -0.1) is 0 Å². The van der Waals surface area contributed by atoms with E-state index in [0.29, 0.717) is 6.10 Å². The molecule has 0 unspecified atom stereocenters. The number of benzene rings is 1. The lowest BCUT2D eigenvalue weighted by atomic mass is 9.78. The van der Waals surface area contributed by atoms with Gasteiger partial charge in [-0.3, -0.25) is 0 Å². The molecule has 1 aromatic rings. The highest BCUT2D eigenvalue weighted by Gasteiger charge is 2.52. The van der Waals surface area contributed by atoms with Crippen LogP contribution in [0.1, 0.15) is 40.5 Å². The van der Waals surface area contributed by atoms with E-state index < -0.39 is 7.12 Å². The maximum absolute atomic E-state index is 6.11. The van der Waals surface area contributed by atoms with Crippen molar-refractivity contribution >= 4 is 12.6 Å². The Labute approximate surface area is 126 Å². The van der Waals surface area contributed by atoms with E-state index in [-0.39, 0.29) is 11.2 Å². The van der Waals surface area contributed by atoms with Crippen LogP contribution in [0.5, 0.6) is 11.5 Å². The van der Waals surface area contributed by atoms with Gasteiger partial charge in [-0.1, -0.05) is 0 Å². The molecule has 21 heavy (non-hydrogen) atoms. The second-order valence-electron chi connectivity index (χ2n) is 6.81. The average Bonchev–Trinajstić information content (AvgIpc) is 3.17. The molecule has 114 valence electrons. The van der Waals surface area contributed by atoms with Gasteiger partial charge in [0.05, 0.1) is 24.4 Å². The molecule has 1 aromatic carbocycles. The van der Waals surface area contributed by atoms with E-state index in [1.165, 1.54) is 0 Å². The third-order valence-corrected chi connectivity index (χ3v) is 4.54. The molecule has 2 aliphatic rings. The van der Waals surface area contributed by atoms with Gasteiger partial charge in [0.25, 0.3) is 0 Å². The Hall–Kier alpha value is -1.20. The molecule has 0 aromatic heterocycles. The molecular weight excluding hydrogens is 267 g/mol. The summed E-state index contributed by atoms with van der Waals surface area (Å²) in [5.74, 6) is 1.61. The molecule has 2 fully saturated rings. The molecule has 0 N–H and O–H groups in total. The minimum absolute atomic E-state index is 0.365. The SMILES string of the molecule is COc1ccc(OC2CC2)cc1B1OC(C)(C)C(C)(C)O1. The minimum atomic E-state index is -0.437. The first-order valence-corrected chi connectivity index (χ1v) is 7.53. The van der Waals surface area contributed by atoms with Crippen LogP contribution in [-0.2, 0) is 9.31 Å². The summed E-state index contributed by atoms with van der Waals surface area (Å²) in [4.78, 5) is 0. The monoisotopic (exact) mass is 290 g/mol. The van der Waals surface area contributed by atoms with Crippen LogP contribution < -0.4 is 14.9 Å². The van der Waals surface area contributed by atoms with Gasteiger partial charge in [-0.25, -0.2) is 0 Å². The first kappa shape index (κ1) is 14.7. The topological polar surface area (TPSA) is 36.9 Å². The Morgan fingerprint density at radius 2 is 1.71 bits per heavy atom. The Morgan fingerprint density at radius 1 is 1.10 bits per heavy atom. The summed E-state index contributed by atoms with van der Waals surface area (Å²) >= 11 is 0. The van der Waals surface area contributed by atoms with Crippen molar-refractivity contribution in [2.75, 3.05) is 7.11 Å². The van der Waals surface area contributed by atoms with E-state index in [4.69, 9.17) is 18.8 Å². The van der Waals surface area contributed by atoms with Crippen molar-refractivity contribution in [1.82, 2.24) is 0 Å². The molecule has 0 atom stereocenters. The van der Waals surface area contributed by atoms with Crippen molar-refractivity contribution in [2.45, 2.75) is 57.8 Å². The molecule has 0 spiro atoms. The second-order valence-corrected chi connectivity index (χ2v) is 6.81. The Balaban J connectivity index is 1.89. The average molecular weight is 290 g/mol. The van der Waals surface area contributed by atoms with E-state index >= 15 is 0 Å². The van der Waals surface area contributed by atoms with Gasteiger partial charge < -0.3 is 18.8 Å². The molecule has 0 amide bonds. The number of methoxy groups -OCH3 is 1. The zero-order valence-electron chi connectivity index (χ0n) is 13.4. The maximum Gasteiger partial charge on any atom is 0.498 e. The van der Waals surface area contributed by atoms with Gasteiger partial charge in [-0.05, 0) is 58.7 Å². The fourth-order valence-electron chi connectivity index (χ4n) is 2.32. The van der Waals surface area contributed by atoms with E-state index in [1.54, 1.807) is 7.11 Å². The van der Waals surface area contributed by atoms with Crippen LogP contribution in [0.25, 0.3) is 0 Å². The predicted octanol–water partition coefficient (Wildman–Crippen LogP) is 2.54. The van der Waals surface area contributed by atoms with E-state index in [2.05, 4.69) is 0 Å². The molecule has 5 heteroatoms. The van der Waals surface area contributed by atoms with Gasteiger partial charge >= 0.3 is 7.12 Å². The number of hydrogen-bond donors (Lipinski definition) is 0. The summed E-state index contributed by atoms with van der Waals surface area (Å²) in [6.07, 6.45) is 2.64. The summed E-state index contributed by atoms with van der Waals surface area (Å²) in [6, 6.07) is 5.82. The fraction of sp³-hybridized carbons (Fsp3) is 0.625. The first-order chi connectivity index (χ1) is 9.82. The van der Waals surface area contributed by atoms with Crippen LogP contribution in [0.2, 0.25) is 0 Å². The zero-order chi connectivity index (χ0) is 15.3. The summed E-state index contributed by atoms with van der Waals surface area (Å²) in [7, 11) is 1.22. The van der Waals surface area contributed by atoms with Crippen molar-refractivity contribution in [2.24, 2.45) is 0 Å². The molecule has 1 saturated carbocycles. The highest BCUT2D eigenvalue weighted by atomic mass is 16.7. The quantitative estimate of drug-likeness (QED) is 0.799. The maximum atomic E-state index is 6.11. The minimum Gasteiger partial charge on any atom is -0.497 e. The van der Waals surface area contributed by atoms with Gasteiger partial charge in [-0.2, -0.15) is 0 Å². The van der Waals surface area contributed by atoms with Crippen molar-refractivity contribution in [3.8, 4) is 11.5 Å². The third-order valence-electron chi connectivity index (χ3n) is 4.54. The van der Waals surface area contributed by atoms with Gasteiger partial charge in [0.15, 0.2) is 0 Å². The Bertz CT molecular complexity index is 521. The Kier molecular flexibility index (Phi) is 3.45. The van der Waals surface area contributed by atoms with Crippen LogP contribution in [0.15, 0.2) is 18.2 Å². The second kappa shape index (κ2) is 4.92. The highest BCUT2D eigenvalue weighted by molar-refractivity contribution is 6.63. The van der Waals surface area contributed by atoms with E-state index in [9.17, 15) is 0 Å². The molecule has 0 bridgehead atoms. The smallest absolute Gasteiger partial charge is 0.497 e. The molecule has 4 nitrogen and oxygen atoms in total. The van der Waals surface area contributed by atoms with Crippen molar-refractivity contribution in [3.05, 3.63) is 18.2 Å². The lowest BCUT2D eigenvalue weighted by Crippen LogP contribution is -2.41. The largest absolute Gasteiger partial charge is 0.498 e. The number of ether oxygens (including phenoxy) is 2. The molecule has 1 heterocycles. The molecule has 1 aliphatic carbocycles. The summed E-state index contributed by atoms with van der Waals surface area (Å²) < 4.78 is 23.5. The summed E-state index contributed by atoms with van der Waals surface area (Å²) in [5.41, 5.74) is 0.154. The molecule has 0 radical (unpaired) electrons. The number of rotatable bonds is 4. The number of hydrogen-bond acceptors (Lipinski definition) is 4. The van der Waals surface area contributed by atoms with E-state index in [0.717, 1.165) is 29.8 Å².